The van der Waals surface area contributed by atoms with Crippen LogP contribution in [0.15, 0.2) is 48.5 Å². The van der Waals surface area contributed by atoms with Gasteiger partial charge in [0.1, 0.15) is 11.5 Å². The van der Waals surface area contributed by atoms with Crippen molar-refractivity contribution in [2.24, 2.45) is 5.92 Å². The molecular formula is C19H22N2O3S. The lowest BCUT2D eigenvalue weighted by Crippen LogP contribution is -2.34. The zero-order chi connectivity index (χ0) is 18.2. The second kappa shape index (κ2) is 9.03. The van der Waals surface area contributed by atoms with Crippen LogP contribution in [0.4, 0.5) is 5.69 Å². The zero-order valence-corrected chi connectivity index (χ0v) is 15.1. The average molecular weight is 358 g/mol. The number of carbonyl (C=O) groups excluding carboxylic acids is 1. The summed E-state index contributed by atoms with van der Waals surface area (Å²) < 4.78 is 5.66. The van der Waals surface area contributed by atoms with Crippen LogP contribution in [-0.2, 0) is 0 Å². The van der Waals surface area contributed by atoms with E-state index < -0.39 is 0 Å². The summed E-state index contributed by atoms with van der Waals surface area (Å²) in [5.74, 6) is 0.916. The fraction of sp³-hybridized carbons (Fsp3) is 0.263. The lowest BCUT2D eigenvalue weighted by atomic mass is 10.1. The SMILES string of the molecule is CC(C)CCOc1cccc(C(=O)NC(=S)Nc2ccccc2O)c1. The highest BCUT2D eigenvalue weighted by atomic mass is 32.1. The number of carbonyl (C=O) groups is 1. The third-order valence-corrected chi connectivity index (χ3v) is 3.64. The molecule has 3 N–H and O–H groups in total. The molecule has 0 fully saturated rings. The first-order valence-corrected chi connectivity index (χ1v) is 8.49. The maximum Gasteiger partial charge on any atom is 0.257 e. The van der Waals surface area contributed by atoms with E-state index in [1.165, 1.54) is 6.07 Å². The topological polar surface area (TPSA) is 70.6 Å². The summed E-state index contributed by atoms with van der Waals surface area (Å²) in [5, 5.41) is 15.2. The Morgan fingerprint density at radius 1 is 1.20 bits per heavy atom. The van der Waals surface area contributed by atoms with Gasteiger partial charge in [0.05, 0.1) is 12.3 Å². The molecule has 132 valence electrons. The molecule has 0 spiro atoms. The zero-order valence-electron chi connectivity index (χ0n) is 14.3. The van der Waals surface area contributed by atoms with E-state index in [0.717, 1.165) is 6.42 Å². The normalized spacial score (nSPS) is 10.4. The smallest absolute Gasteiger partial charge is 0.257 e. The lowest BCUT2D eigenvalue weighted by Gasteiger charge is -2.12. The number of nitrogens with one attached hydrogen (secondary N) is 2. The van der Waals surface area contributed by atoms with Crippen LogP contribution in [0.25, 0.3) is 0 Å². The molecule has 2 rings (SSSR count). The fourth-order valence-electron chi connectivity index (χ4n) is 2.05. The summed E-state index contributed by atoms with van der Waals surface area (Å²) >= 11 is 5.12. The third-order valence-electron chi connectivity index (χ3n) is 3.44. The lowest BCUT2D eigenvalue weighted by molar-refractivity contribution is 0.0977. The quantitative estimate of drug-likeness (QED) is 0.539. The van der Waals surface area contributed by atoms with E-state index in [-0.39, 0.29) is 16.8 Å². The van der Waals surface area contributed by atoms with Gasteiger partial charge in [-0.2, -0.15) is 0 Å². The molecule has 0 unspecified atom stereocenters. The van der Waals surface area contributed by atoms with Crippen LogP contribution in [-0.4, -0.2) is 22.7 Å². The molecule has 1 amide bonds. The summed E-state index contributed by atoms with van der Waals surface area (Å²) in [7, 11) is 0. The van der Waals surface area contributed by atoms with E-state index in [1.807, 2.05) is 6.07 Å². The Kier molecular flexibility index (Phi) is 6.77. The Morgan fingerprint density at radius 2 is 1.96 bits per heavy atom. The Hall–Kier alpha value is -2.60. The molecule has 0 aliphatic carbocycles. The van der Waals surface area contributed by atoms with Gasteiger partial charge in [0, 0.05) is 5.56 Å². The molecule has 0 radical (unpaired) electrons. The molecule has 0 heterocycles. The van der Waals surface area contributed by atoms with Gasteiger partial charge in [-0.3, -0.25) is 10.1 Å². The van der Waals surface area contributed by atoms with Gasteiger partial charge in [-0.25, -0.2) is 0 Å². The monoisotopic (exact) mass is 358 g/mol. The molecule has 0 aromatic heterocycles. The number of phenolic OH excluding ortho intramolecular Hbond substituents is 1. The molecule has 2 aromatic rings. The number of ether oxygens (including phenoxy) is 1. The summed E-state index contributed by atoms with van der Waals surface area (Å²) in [5.41, 5.74) is 0.877. The summed E-state index contributed by atoms with van der Waals surface area (Å²) in [4.78, 5) is 12.3. The first kappa shape index (κ1) is 18.7. The van der Waals surface area contributed by atoms with Crippen molar-refractivity contribution in [2.75, 3.05) is 11.9 Å². The van der Waals surface area contributed by atoms with Crippen LogP contribution in [0.2, 0.25) is 0 Å². The van der Waals surface area contributed by atoms with Gasteiger partial charge in [0.25, 0.3) is 5.91 Å². The first-order chi connectivity index (χ1) is 12.0. The second-order valence-corrected chi connectivity index (χ2v) is 6.39. The minimum atomic E-state index is -0.345. The summed E-state index contributed by atoms with van der Waals surface area (Å²) in [6.07, 6.45) is 0.949. The van der Waals surface area contributed by atoms with E-state index in [1.54, 1.807) is 36.4 Å². The van der Waals surface area contributed by atoms with Crippen molar-refractivity contribution >= 4 is 28.9 Å². The van der Waals surface area contributed by atoms with Crippen LogP contribution in [0.5, 0.6) is 11.5 Å². The summed E-state index contributed by atoms with van der Waals surface area (Å²) in [6, 6.07) is 13.6. The molecule has 6 heteroatoms. The van der Waals surface area contributed by atoms with Crippen LogP contribution < -0.4 is 15.4 Å². The highest BCUT2D eigenvalue weighted by molar-refractivity contribution is 7.80. The van der Waals surface area contributed by atoms with Gasteiger partial charge in [-0.1, -0.05) is 32.0 Å². The molecule has 0 aliphatic rings. The van der Waals surface area contributed by atoms with Gasteiger partial charge in [-0.05, 0) is 54.9 Å². The predicted octanol–water partition coefficient (Wildman–Crippen LogP) is 3.94. The van der Waals surface area contributed by atoms with Crippen molar-refractivity contribution in [2.45, 2.75) is 20.3 Å². The molecule has 0 saturated heterocycles. The van der Waals surface area contributed by atoms with Crippen molar-refractivity contribution in [3.63, 3.8) is 0 Å². The largest absolute Gasteiger partial charge is 0.506 e. The van der Waals surface area contributed by atoms with Gasteiger partial charge in [-0.15, -0.1) is 0 Å². The summed E-state index contributed by atoms with van der Waals surface area (Å²) in [6.45, 7) is 4.87. The second-order valence-electron chi connectivity index (χ2n) is 5.98. The van der Waals surface area contributed by atoms with Gasteiger partial charge in [0.2, 0.25) is 0 Å². The number of hydrogen-bond acceptors (Lipinski definition) is 4. The van der Waals surface area contributed by atoms with Gasteiger partial charge in [0.15, 0.2) is 5.11 Å². The molecule has 0 saturated carbocycles. The maximum absolute atomic E-state index is 12.3. The number of amides is 1. The number of phenols is 1. The van der Waals surface area contributed by atoms with E-state index in [9.17, 15) is 9.90 Å². The minimum absolute atomic E-state index is 0.0552. The number of rotatable bonds is 6. The number of para-hydroxylation sites is 2. The Labute approximate surface area is 153 Å². The van der Waals surface area contributed by atoms with Crippen molar-refractivity contribution < 1.29 is 14.6 Å². The van der Waals surface area contributed by atoms with Crippen LogP contribution >= 0.6 is 12.2 Å². The number of thiocarbonyl (C=S) groups is 1. The molecule has 2 aromatic carbocycles. The van der Waals surface area contributed by atoms with Crippen LogP contribution in [0.3, 0.4) is 0 Å². The number of aromatic hydroxyl groups is 1. The minimum Gasteiger partial charge on any atom is -0.506 e. The van der Waals surface area contributed by atoms with Crippen molar-refractivity contribution in [3.05, 3.63) is 54.1 Å². The number of hydrogen-bond donors (Lipinski definition) is 3. The average Bonchev–Trinajstić information content (AvgIpc) is 2.57. The fourth-order valence-corrected chi connectivity index (χ4v) is 2.25. The molecule has 5 nitrogen and oxygen atoms in total. The van der Waals surface area contributed by atoms with Crippen LogP contribution in [0.1, 0.15) is 30.6 Å². The molecule has 0 atom stereocenters. The van der Waals surface area contributed by atoms with Gasteiger partial charge < -0.3 is 15.2 Å². The maximum atomic E-state index is 12.3. The van der Waals surface area contributed by atoms with Crippen LogP contribution in [0, 0.1) is 5.92 Å². The van der Waals surface area contributed by atoms with E-state index in [0.29, 0.717) is 29.5 Å². The van der Waals surface area contributed by atoms with E-state index in [4.69, 9.17) is 17.0 Å². The van der Waals surface area contributed by atoms with Crippen molar-refractivity contribution in [1.82, 2.24) is 5.32 Å². The Bertz CT molecular complexity index is 747. The van der Waals surface area contributed by atoms with E-state index in [2.05, 4.69) is 24.5 Å². The predicted molar refractivity (Wildman–Crippen MR) is 103 cm³/mol. The van der Waals surface area contributed by atoms with E-state index >= 15 is 0 Å². The van der Waals surface area contributed by atoms with Gasteiger partial charge >= 0.3 is 0 Å². The molecular weight excluding hydrogens is 336 g/mol. The molecule has 0 bridgehead atoms. The van der Waals surface area contributed by atoms with Crippen molar-refractivity contribution in [1.29, 1.82) is 0 Å². The number of benzene rings is 2. The van der Waals surface area contributed by atoms with Crippen molar-refractivity contribution in [3.8, 4) is 11.5 Å². The Balaban J connectivity index is 1.94. The highest BCUT2D eigenvalue weighted by Crippen LogP contribution is 2.21. The number of anilines is 1. The molecule has 25 heavy (non-hydrogen) atoms. The first-order valence-electron chi connectivity index (χ1n) is 8.09. The standard InChI is InChI=1S/C19H22N2O3S/c1-13(2)10-11-24-15-7-5-6-14(12-15)18(23)21-19(25)20-16-8-3-4-9-17(16)22/h3-9,12-13,22H,10-11H2,1-2H3,(H2,20,21,23,25). The molecule has 0 aliphatic heterocycles. The third kappa shape index (κ3) is 6.08. The Morgan fingerprint density at radius 3 is 2.68 bits per heavy atom. The highest BCUT2D eigenvalue weighted by Gasteiger charge is 2.10.